The van der Waals surface area contributed by atoms with E-state index in [1.807, 2.05) is 36.4 Å². The van der Waals surface area contributed by atoms with Crippen LogP contribution in [0, 0.1) is 0 Å². The van der Waals surface area contributed by atoms with Crippen LogP contribution < -0.4 is 0 Å². The van der Waals surface area contributed by atoms with Crippen LogP contribution in [0.3, 0.4) is 0 Å². The van der Waals surface area contributed by atoms with Crippen LogP contribution in [0.25, 0.3) is 11.1 Å². The van der Waals surface area contributed by atoms with Crippen molar-refractivity contribution in [1.29, 1.82) is 0 Å². The van der Waals surface area contributed by atoms with Gasteiger partial charge in [-0.15, -0.1) is 0 Å². The van der Waals surface area contributed by atoms with Gasteiger partial charge in [-0.1, -0.05) is 35.9 Å². The Morgan fingerprint density at radius 1 is 1.13 bits per heavy atom. The number of benzene rings is 2. The smallest absolute Gasteiger partial charge is 0.338 e. The highest BCUT2D eigenvalue weighted by Gasteiger charge is 2.17. The number of rotatable bonds is 4. The van der Waals surface area contributed by atoms with Gasteiger partial charge in [-0.2, -0.15) is 0 Å². The largest absolute Gasteiger partial charge is 0.465 e. The summed E-state index contributed by atoms with van der Waals surface area (Å²) in [4.78, 5) is 14.6. The Balaban J connectivity index is 1.95. The van der Waals surface area contributed by atoms with Crippen LogP contribution in [-0.2, 0) is 11.3 Å². The van der Waals surface area contributed by atoms with Gasteiger partial charge in [-0.25, -0.2) is 4.79 Å². The zero-order valence-electron chi connectivity index (χ0n) is 13.2. The minimum Gasteiger partial charge on any atom is -0.465 e. The van der Waals surface area contributed by atoms with Crippen LogP contribution in [0.15, 0.2) is 42.5 Å². The fourth-order valence-electron chi connectivity index (χ4n) is 3.05. The Hall–Kier alpha value is -1.84. The number of nitrogens with zero attached hydrogens (tertiary/aromatic N) is 1. The molecule has 0 unspecified atom stereocenters. The van der Waals surface area contributed by atoms with Crippen molar-refractivity contribution in [3.8, 4) is 11.1 Å². The van der Waals surface area contributed by atoms with E-state index in [2.05, 4.69) is 11.0 Å². The Morgan fingerprint density at radius 2 is 1.83 bits per heavy atom. The first kappa shape index (κ1) is 16.0. The van der Waals surface area contributed by atoms with Crippen LogP contribution >= 0.6 is 11.6 Å². The van der Waals surface area contributed by atoms with Crippen LogP contribution in [0.1, 0.15) is 28.8 Å². The van der Waals surface area contributed by atoms with Crippen molar-refractivity contribution >= 4 is 17.6 Å². The van der Waals surface area contributed by atoms with Crippen molar-refractivity contribution in [2.24, 2.45) is 0 Å². The molecule has 0 radical (unpaired) electrons. The number of carbonyl (C=O) groups excluding carboxylic acids is 1. The summed E-state index contributed by atoms with van der Waals surface area (Å²) in [6.45, 7) is 3.14. The molecule has 1 aliphatic heterocycles. The van der Waals surface area contributed by atoms with E-state index in [0.717, 1.165) is 36.3 Å². The second-order valence-electron chi connectivity index (χ2n) is 5.86. The molecule has 0 bridgehead atoms. The summed E-state index contributed by atoms with van der Waals surface area (Å²) in [6.07, 6.45) is 2.51. The van der Waals surface area contributed by atoms with Crippen LogP contribution in [-0.4, -0.2) is 31.1 Å². The number of carbonyl (C=O) groups is 1. The van der Waals surface area contributed by atoms with Gasteiger partial charge in [0.05, 0.1) is 12.7 Å². The van der Waals surface area contributed by atoms with Crippen molar-refractivity contribution < 1.29 is 9.53 Å². The number of hydrogen-bond acceptors (Lipinski definition) is 3. The first-order valence-electron chi connectivity index (χ1n) is 7.87. The fourth-order valence-corrected chi connectivity index (χ4v) is 3.17. The van der Waals surface area contributed by atoms with E-state index in [4.69, 9.17) is 16.3 Å². The SMILES string of the molecule is COC(=O)c1cc(CN2CCCC2)ccc1-c1ccc(Cl)cc1. The maximum absolute atomic E-state index is 12.2. The van der Waals surface area contributed by atoms with Gasteiger partial charge in [0.1, 0.15) is 0 Å². The quantitative estimate of drug-likeness (QED) is 0.779. The summed E-state index contributed by atoms with van der Waals surface area (Å²) in [5.74, 6) is -0.307. The molecule has 120 valence electrons. The van der Waals surface area contributed by atoms with Gasteiger partial charge in [-0.05, 0) is 60.8 Å². The number of hydrogen-bond donors (Lipinski definition) is 0. The van der Waals surface area contributed by atoms with Gasteiger partial charge < -0.3 is 4.74 Å². The van der Waals surface area contributed by atoms with Crippen LogP contribution in [0.5, 0.6) is 0 Å². The third-order valence-corrected chi connectivity index (χ3v) is 4.50. The molecule has 2 aromatic carbocycles. The highest BCUT2D eigenvalue weighted by atomic mass is 35.5. The summed E-state index contributed by atoms with van der Waals surface area (Å²) < 4.78 is 4.97. The lowest BCUT2D eigenvalue weighted by molar-refractivity contribution is 0.0601. The van der Waals surface area contributed by atoms with Crippen molar-refractivity contribution in [3.63, 3.8) is 0 Å². The van der Waals surface area contributed by atoms with Gasteiger partial charge >= 0.3 is 5.97 Å². The lowest BCUT2D eigenvalue weighted by Gasteiger charge is -2.16. The molecule has 0 aliphatic carbocycles. The summed E-state index contributed by atoms with van der Waals surface area (Å²) in [5.41, 5.74) is 3.58. The van der Waals surface area contributed by atoms with E-state index >= 15 is 0 Å². The van der Waals surface area contributed by atoms with E-state index in [9.17, 15) is 4.79 Å². The lowest BCUT2D eigenvalue weighted by Crippen LogP contribution is -2.18. The molecule has 1 heterocycles. The first-order chi connectivity index (χ1) is 11.2. The van der Waals surface area contributed by atoms with Gasteiger partial charge in [0.15, 0.2) is 0 Å². The maximum Gasteiger partial charge on any atom is 0.338 e. The second kappa shape index (κ2) is 7.16. The minimum atomic E-state index is -0.307. The Morgan fingerprint density at radius 3 is 2.48 bits per heavy atom. The zero-order valence-corrected chi connectivity index (χ0v) is 14.0. The fraction of sp³-hybridized carbons (Fsp3) is 0.316. The second-order valence-corrected chi connectivity index (χ2v) is 6.30. The van der Waals surface area contributed by atoms with Crippen LogP contribution in [0.4, 0.5) is 0 Å². The van der Waals surface area contributed by atoms with Gasteiger partial charge in [-0.3, -0.25) is 4.90 Å². The number of ether oxygens (including phenoxy) is 1. The molecule has 0 saturated carbocycles. The zero-order chi connectivity index (χ0) is 16.2. The Kier molecular flexibility index (Phi) is 4.99. The predicted octanol–water partition coefficient (Wildman–Crippen LogP) is 4.39. The Bertz CT molecular complexity index is 691. The molecule has 2 aromatic rings. The lowest BCUT2D eigenvalue weighted by atomic mass is 9.97. The van der Waals surface area contributed by atoms with Crippen molar-refractivity contribution in [2.75, 3.05) is 20.2 Å². The number of esters is 1. The first-order valence-corrected chi connectivity index (χ1v) is 8.25. The van der Waals surface area contributed by atoms with E-state index in [1.54, 1.807) is 0 Å². The highest BCUT2D eigenvalue weighted by molar-refractivity contribution is 6.30. The average Bonchev–Trinajstić information content (AvgIpc) is 3.08. The van der Waals surface area contributed by atoms with E-state index < -0.39 is 0 Å². The van der Waals surface area contributed by atoms with Crippen molar-refractivity contribution in [3.05, 3.63) is 58.6 Å². The third-order valence-electron chi connectivity index (χ3n) is 4.25. The number of halogens is 1. The monoisotopic (exact) mass is 329 g/mol. The molecular formula is C19H20ClNO2. The molecule has 1 aliphatic rings. The highest BCUT2D eigenvalue weighted by Crippen LogP contribution is 2.27. The molecule has 1 saturated heterocycles. The van der Waals surface area contributed by atoms with Crippen LogP contribution in [0.2, 0.25) is 5.02 Å². The predicted molar refractivity (Wildman–Crippen MR) is 92.7 cm³/mol. The molecule has 4 heteroatoms. The molecular weight excluding hydrogens is 310 g/mol. The number of likely N-dealkylation sites (tertiary alicyclic amines) is 1. The van der Waals surface area contributed by atoms with Gasteiger partial charge in [0.25, 0.3) is 0 Å². The maximum atomic E-state index is 12.2. The molecule has 3 rings (SSSR count). The average molecular weight is 330 g/mol. The van der Waals surface area contributed by atoms with Crippen molar-refractivity contribution in [2.45, 2.75) is 19.4 Å². The molecule has 0 N–H and O–H groups in total. The molecule has 0 amide bonds. The molecule has 0 atom stereocenters. The Labute approximate surface area is 141 Å². The summed E-state index contributed by atoms with van der Waals surface area (Å²) >= 11 is 5.95. The van der Waals surface area contributed by atoms with E-state index in [0.29, 0.717) is 10.6 Å². The molecule has 1 fully saturated rings. The molecule has 0 spiro atoms. The molecule has 23 heavy (non-hydrogen) atoms. The minimum absolute atomic E-state index is 0.307. The van der Waals surface area contributed by atoms with Gasteiger partial charge in [0.2, 0.25) is 0 Å². The summed E-state index contributed by atoms with van der Waals surface area (Å²) in [7, 11) is 1.42. The third kappa shape index (κ3) is 3.74. The van der Waals surface area contributed by atoms with E-state index in [1.165, 1.54) is 20.0 Å². The van der Waals surface area contributed by atoms with E-state index in [-0.39, 0.29) is 5.97 Å². The normalized spacial score (nSPS) is 14.9. The molecule has 3 nitrogen and oxygen atoms in total. The molecule has 0 aromatic heterocycles. The van der Waals surface area contributed by atoms with Crippen molar-refractivity contribution in [1.82, 2.24) is 4.90 Å². The summed E-state index contributed by atoms with van der Waals surface area (Å²) in [6, 6.07) is 13.5. The number of methoxy groups -OCH3 is 1. The summed E-state index contributed by atoms with van der Waals surface area (Å²) in [5, 5.41) is 0.680. The van der Waals surface area contributed by atoms with Gasteiger partial charge in [0, 0.05) is 11.6 Å². The standard InChI is InChI=1S/C19H20ClNO2/c1-23-19(22)18-12-14(13-21-10-2-3-11-21)4-9-17(18)15-5-7-16(20)8-6-15/h4-9,12H,2-3,10-11,13H2,1H3. The topological polar surface area (TPSA) is 29.5 Å².